The molecule has 0 bridgehead atoms. The van der Waals surface area contributed by atoms with Crippen LogP contribution in [0.3, 0.4) is 0 Å². The van der Waals surface area contributed by atoms with Gasteiger partial charge in [-0.25, -0.2) is 4.39 Å². The van der Waals surface area contributed by atoms with E-state index in [0.717, 1.165) is 16.7 Å². The topological polar surface area (TPSA) is 75.4 Å². The number of nitrogens with one attached hydrogen (secondary N) is 1. The zero-order valence-corrected chi connectivity index (χ0v) is 18.7. The molecule has 1 aliphatic rings. The maximum atomic E-state index is 13.4. The van der Waals surface area contributed by atoms with Gasteiger partial charge < -0.3 is 16.0 Å². The van der Waals surface area contributed by atoms with Crippen molar-refractivity contribution in [2.45, 2.75) is 57.8 Å². The Kier molecular flexibility index (Phi) is 6.80. The summed E-state index contributed by atoms with van der Waals surface area (Å²) in [5.41, 5.74) is 9.37. The molecule has 3 rings (SSSR count). The highest BCUT2D eigenvalue weighted by Gasteiger charge is 2.32. The van der Waals surface area contributed by atoms with Crippen LogP contribution in [0, 0.1) is 0 Å². The number of alkyl halides is 1. The quantitative estimate of drug-likeness (QED) is 0.763. The first-order chi connectivity index (χ1) is 14.5. The Bertz CT molecular complexity index is 937. The molecule has 1 fully saturated rings. The molecule has 1 unspecified atom stereocenters. The normalized spacial score (nSPS) is 18.5. The van der Waals surface area contributed by atoms with Gasteiger partial charge in [0.1, 0.15) is 6.17 Å². The lowest BCUT2D eigenvalue weighted by molar-refractivity contribution is -0.132. The average molecular weight is 426 g/mol. The van der Waals surface area contributed by atoms with Crippen molar-refractivity contribution in [1.29, 1.82) is 0 Å². The van der Waals surface area contributed by atoms with Gasteiger partial charge in [0.25, 0.3) is 5.91 Å². The molecular weight excluding hydrogens is 393 g/mol. The van der Waals surface area contributed by atoms with Crippen molar-refractivity contribution in [2.24, 2.45) is 5.73 Å². The zero-order valence-electron chi connectivity index (χ0n) is 18.7. The summed E-state index contributed by atoms with van der Waals surface area (Å²) in [7, 11) is 0. The molecule has 166 valence electrons. The molecule has 1 saturated heterocycles. The first-order valence-corrected chi connectivity index (χ1v) is 10.8. The standard InChI is InChI=1S/C25H32FN3O2/c1-16(22(27)24(31)29-13-12-21(26)15-29)17-8-10-18(11-9-17)19-6-5-7-20(14-19)23(30)28-25(2,3)4/h5-11,14,16,21-22H,12-13,15,27H2,1-4H3,(H,28,30)/t16-,21-,22?/m0/s1. The number of carbonyl (C=O) groups is 2. The lowest BCUT2D eigenvalue weighted by atomic mass is 9.91. The van der Waals surface area contributed by atoms with Gasteiger partial charge in [0, 0.05) is 23.6 Å². The Labute approximate surface area is 183 Å². The van der Waals surface area contributed by atoms with Crippen molar-refractivity contribution in [2.75, 3.05) is 13.1 Å². The van der Waals surface area contributed by atoms with Gasteiger partial charge in [-0.2, -0.15) is 0 Å². The van der Waals surface area contributed by atoms with E-state index < -0.39 is 12.2 Å². The fourth-order valence-corrected chi connectivity index (χ4v) is 3.78. The second kappa shape index (κ2) is 9.18. The van der Waals surface area contributed by atoms with Crippen molar-refractivity contribution < 1.29 is 14.0 Å². The van der Waals surface area contributed by atoms with Crippen LogP contribution in [0.5, 0.6) is 0 Å². The monoisotopic (exact) mass is 425 g/mol. The summed E-state index contributed by atoms with van der Waals surface area (Å²) < 4.78 is 13.4. The highest BCUT2D eigenvalue weighted by atomic mass is 19.1. The Hall–Kier alpha value is -2.73. The van der Waals surface area contributed by atoms with Gasteiger partial charge in [0.15, 0.2) is 0 Å². The Morgan fingerprint density at radius 2 is 1.81 bits per heavy atom. The van der Waals surface area contributed by atoms with E-state index in [1.54, 1.807) is 6.07 Å². The average Bonchev–Trinajstić information content (AvgIpc) is 3.17. The second-order valence-corrected chi connectivity index (χ2v) is 9.39. The maximum Gasteiger partial charge on any atom is 0.251 e. The minimum atomic E-state index is -0.952. The van der Waals surface area contributed by atoms with Crippen LogP contribution in [0.25, 0.3) is 11.1 Å². The molecule has 2 aromatic rings. The number of hydrogen-bond donors (Lipinski definition) is 2. The number of nitrogens with two attached hydrogens (primary N) is 1. The number of benzene rings is 2. The minimum Gasteiger partial charge on any atom is -0.347 e. The van der Waals surface area contributed by atoms with E-state index in [0.29, 0.717) is 18.5 Å². The molecule has 0 spiro atoms. The van der Waals surface area contributed by atoms with Gasteiger partial charge >= 0.3 is 0 Å². The molecule has 6 heteroatoms. The van der Waals surface area contributed by atoms with Gasteiger partial charge in [-0.05, 0) is 56.0 Å². The van der Waals surface area contributed by atoms with Crippen LogP contribution in [0.2, 0.25) is 0 Å². The van der Waals surface area contributed by atoms with Gasteiger partial charge in [-0.15, -0.1) is 0 Å². The number of rotatable bonds is 5. The van der Waals surface area contributed by atoms with Crippen molar-refractivity contribution in [3.8, 4) is 11.1 Å². The maximum absolute atomic E-state index is 13.4. The summed E-state index contributed by atoms with van der Waals surface area (Å²) in [5, 5.41) is 2.97. The molecule has 0 aliphatic carbocycles. The number of nitrogens with zero attached hydrogens (tertiary/aromatic N) is 1. The zero-order chi connectivity index (χ0) is 22.8. The molecule has 1 heterocycles. The molecule has 3 N–H and O–H groups in total. The van der Waals surface area contributed by atoms with Crippen LogP contribution in [-0.2, 0) is 4.79 Å². The van der Waals surface area contributed by atoms with E-state index in [2.05, 4.69) is 5.32 Å². The van der Waals surface area contributed by atoms with Gasteiger partial charge in [-0.1, -0.05) is 43.3 Å². The van der Waals surface area contributed by atoms with E-state index >= 15 is 0 Å². The summed E-state index contributed by atoms with van der Waals surface area (Å²) in [4.78, 5) is 26.6. The van der Waals surface area contributed by atoms with E-state index in [9.17, 15) is 14.0 Å². The predicted octanol–water partition coefficient (Wildman–Crippen LogP) is 3.88. The van der Waals surface area contributed by atoms with Crippen molar-refractivity contribution in [3.05, 3.63) is 59.7 Å². The highest BCUT2D eigenvalue weighted by molar-refractivity contribution is 5.95. The van der Waals surface area contributed by atoms with Crippen LogP contribution >= 0.6 is 0 Å². The molecule has 3 atom stereocenters. The lowest BCUT2D eigenvalue weighted by Gasteiger charge is -2.25. The molecule has 0 radical (unpaired) electrons. The SMILES string of the molecule is C[C@@H](c1ccc(-c2cccc(C(=O)NC(C)(C)C)c2)cc1)C(N)C(=O)N1CC[C@H](F)C1. The molecule has 2 aromatic carbocycles. The Morgan fingerprint density at radius 3 is 2.39 bits per heavy atom. The van der Waals surface area contributed by atoms with Crippen LogP contribution in [0.15, 0.2) is 48.5 Å². The predicted molar refractivity (Wildman–Crippen MR) is 122 cm³/mol. The first-order valence-electron chi connectivity index (χ1n) is 10.8. The second-order valence-electron chi connectivity index (χ2n) is 9.39. The van der Waals surface area contributed by atoms with Gasteiger partial charge in [0.2, 0.25) is 5.91 Å². The summed E-state index contributed by atoms with van der Waals surface area (Å²) in [6, 6.07) is 14.6. The van der Waals surface area contributed by atoms with Crippen molar-refractivity contribution in [3.63, 3.8) is 0 Å². The third kappa shape index (κ3) is 5.70. The van der Waals surface area contributed by atoms with E-state index in [1.807, 2.05) is 70.2 Å². The minimum absolute atomic E-state index is 0.110. The molecule has 2 amide bonds. The molecule has 1 aliphatic heterocycles. The van der Waals surface area contributed by atoms with Crippen molar-refractivity contribution >= 4 is 11.8 Å². The van der Waals surface area contributed by atoms with E-state index in [-0.39, 0.29) is 29.8 Å². The Balaban J connectivity index is 1.72. The highest BCUT2D eigenvalue weighted by Crippen LogP contribution is 2.26. The first kappa shape index (κ1) is 22.9. The molecule has 0 saturated carbocycles. The number of carbonyl (C=O) groups excluding carboxylic acids is 2. The third-order valence-electron chi connectivity index (χ3n) is 5.65. The van der Waals surface area contributed by atoms with E-state index in [1.165, 1.54) is 4.90 Å². The van der Waals surface area contributed by atoms with Crippen LogP contribution in [-0.4, -0.2) is 47.6 Å². The lowest BCUT2D eigenvalue weighted by Crippen LogP contribution is -2.45. The summed E-state index contributed by atoms with van der Waals surface area (Å²) in [5.74, 6) is -0.500. The number of likely N-dealkylation sites (tertiary alicyclic amines) is 1. The number of halogens is 1. The smallest absolute Gasteiger partial charge is 0.251 e. The van der Waals surface area contributed by atoms with Gasteiger partial charge in [0.05, 0.1) is 12.6 Å². The summed E-state index contributed by atoms with van der Waals surface area (Å²) in [6.07, 6.45) is -0.569. The summed E-state index contributed by atoms with van der Waals surface area (Å²) in [6.45, 7) is 8.32. The van der Waals surface area contributed by atoms with E-state index in [4.69, 9.17) is 5.73 Å². The van der Waals surface area contributed by atoms with Crippen LogP contribution in [0.4, 0.5) is 4.39 Å². The fourth-order valence-electron chi connectivity index (χ4n) is 3.78. The van der Waals surface area contributed by atoms with Crippen LogP contribution < -0.4 is 11.1 Å². The molecule has 5 nitrogen and oxygen atoms in total. The summed E-state index contributed by atoms with van der Waals surface area (Å²) >= 11 is 0. The van der Waals surface area contributed by atoms with Gasteiger partial charge in [-0.3, -0.25) is 9.59 Å². The Morgan fingerprint density at radius 1 is 1.13 bits per heavy atom. The molecule has 31 heavy (non-hydrogen) atoms. The number of hydrogen-bond acceptors (Lipinski definition) is 3. The largest absolute Gasteiger partial charge is 0.347 e. The third-order valence-corrected chi connectivity index (χ3v) is 5.65. The molecular formula is C25H32FN3O2. The van der Waals surface area contributed by atoms with Crippen LogP contribution in [0.1, 0.15) is 56.0 Å². The molecule has 0 aromatic heterocycles. The van der Waals surface area contributed by atoms with Crippen molar-refractivity contribution in [1.82, 2.24) is 10.2 Å². The number of amides is 2. The fraction of sp³-hybridized carbons (Fsp3) is 0.440.